The maximum Gasteiger partial charge on any atom is 0.246 e. The monoisotopic (exact) mass is 410 g/mol. The van der Waals surface area contributed by atoms with Gasteiger partial charge in [-0.1, -0.05) is 22.4 Å². The second-order valence-electron chi connectivity index (χ2n) is 4.89. The minimum atomic E-state index is -3.55. The zero-order valence-electron chi connectivity index (χ0n) is 10.6. The molecule has 0 unspecified atom stereocenters. The number of nitrogens with two attached hydrogens (primary N) is 1. The molecule has 0 radical (unpaired) electrons. The number of sulfonamides is 1. The van der Waals surface area contributed by atoms with Crippen LogP contribution in [0.2, 0.25) is 0 Å². The van der Waals surface area contributed by atoms with Crippen molar-refractivity contribution in [3.8, 4) is 0 Å². The van der Waals surface area contributed by atoms with E-state index in [0.29, 0.717) is 16.9 Å². The molecule has 0 aliphatic heterocycles. The van der Waals surface area contributed by atoms with E-state index in [-0.39, 0.29) is 10.6 Å². The second-order valence-corrected chi connectivity index (χ2v) is 8.64. The van der Waals surface area contributed by atoms with Crippen LogP contribution < -0.4 is 5.73 Å². The Bertz CT molecular complexity index is 562. The summed E-state index contributed by atoms with van der Waals surface area (Å²) >= 11 is 6.58. The van der Waals surface area contributed by atoms with E-state index < -0.39 is 10.0 Å². The minimum absolute atomic E-state index is 0.150. The quantitative estimate of drug-likeness (QED) is 0.773. The van der Waals surface area contributed by atoms with Crippen molar-refractivity contribution >= 4 is 47.6 Å². The SMILES string of the molecule is CN(CC1CCC1)S(=O)(=O)c1c(N)cc(Br)cc1Br. The van der Waals surface area contributed by atoms with E-state index in [1.165, 1.54) is 10.7 Å². The summed E-state index contributed by atoms with van der Waals surface area (Å²) in [6.45, 7) is 0.560. The lowest BCUT2D eigenvalue weighted by molar-refractivity contribution is 0.263. The second kappa shape index (κ2) is 5.71. The van der Waals surface area contributed by atoms with Crippen molar-refractivity contribution in [1.29, 1.82) is 0 Å². The highest BCUT2D eigenvalue weighted by Gasteiger charge is 2.29. The highest BCUT2D eigenvalue weighted by atomic mass is 79.9. The number of halogens is 2. The van der Waals surface area contributed by atoms with Crippen molar-refractivity contribution in [2.75, 3.05) is 19.3 Å². The summed E-state index contributed by atoms with van der Waals surface area (Å²) in [7, 11) is -1.94. The summed E-state index contributed by atoms with van der Waals surface area (Å²) in [6.07, 6.45) is 3.41. The fraction of sp³-hybridized carbons (Fsp3) is 0.500. The third-order valence-corrected chi connectivity index (χ3v) is 6.73. The van der Waals surface area contributed by atoms with Gasteiger partial charge in [0.25, 0.3) is 0 Å². The summed E-state index contributed by atoms with van der Waals surface area (Å²) in [4.78, 5) is 0.150. The molecule has 0 bridgehead atoms. The fourth-order valence-electron chi connectivity index (χ4n) is 2.15. The Kier molecular flexibility index (Phi) is 4.59. The van der Waals surface area contributed by atoms with Gasteiger partial charge in [-0.25, -0.2) is 12.7 Å². The van der Waals surface area contributed by atoms with Crippen LogP contribution in [0.25, 0.3) is 0 Å². The average molecular weight is 412 g/mol. The summed E-state index contributed by atoms with van der Waals surface area (Å²) < 4.78 is 27.8. The van der Waals surface area contributed by atoms with Crippen molar-refractivity contribution in [3.05, 3.63) is 21.1 Å². The van der Waals surface area contributed by atoms with E-state index in [2.05, 4.69) is 31.9 Å². The molecule has 2 rings (SSSR count). The van der Waals surface area contributed by atoms with Gasteiger partial charge >= 0.3 is 0 Å². The molecule has 1 aromatic carbocycles. The van der Waals surface area contributed by atoms with Gasteiger partial charge in [0.1, 0.15) is 4.90 Å². The molecule has 0 heterocycles. The number of rotatable bonds is 4. The highest BCUT2D eigenvalue weighted by molar-refractivity contribution is 9.11. The van der Waals surface area contributed by atoms with Gasteiger partial charge in [-0.05, 0) is 46.8 Å². The number of nitrogens with zero attached hydrogens (tertiary/aromatic N) is 1. The van der Waals surface area contributed by atoms with E-state index >= 15 is 0 Å². The normalized spacial score (nSPS) is 16.6. The topological polar surface area (TPSA) is 63.4 Å². The van der Waals surface area contributed by atoms with Crippen LogP contribution >= 0.6 is 31.9 Å². The molecular weight excluding hydrogens is 396 g/mol. The maximum atomic E-state index is 12.6. The van der Waals surface area contributed by atoms with Crippen molar-refractivity contribution in [2.45, 2.75) is 24.2 Å². The van der Waals surface area contributed by atoms with Gasteiger partial charge < -0.3 is 5.73 Å². The Labute approximate surface area is 130 Å². The van der Waals surface area contributed by atoms with Gasteiger partial charge in [-0.2, -0.15) is 0 Å². The van der Waals surface area contributed by atoms with Gasteiger partial charge in [-0.15, -0.1) is 0 Å². The van der Waals surface area contributed by atoms with Gasteiger partial charge in [-0.3, -0.25) is 0 Å². The van der Waals surface area contributed by atoms with Crippen LogP contribution in [0.3, 0.4) is 0 Å². The maximum absolute atomic E-state index is 12.6. The first kappa shape index (κ1) is 15.3. The zero-order chi connectivity index (χ0) is 14.2. The lowest BCUT2D eigenvalue weighted by Crippen LogP contribution is -2.34. The Morgan fingerprint density at radius 2 is 2.00 bits per heavy atom. The molecule has 1 aliphatic rings. The van der Waals surface area contributed by atoms with Crippen LogP contribution in [0.15, 0.2) is 26.0 Å². The largest absolute Gasteiger partial charge is 0.398 e. The Morgan fingerprint density at radius 3 is 2.47 bits per heavy atom. The first-order valence-corrected chi connectivity index (χ1v) is 9.06. The number of benzene rings is 1. The molecule has 19 heavy (non-hydrogen) atoms. The van der Waals surface area contributed by atoms with Gasteiger partial charge in [0.05, 0.1) is 5.69 Å². The molecule has 0 amide bonds. The molecular formula is C12H16Br2N2O2S. The van der Waals surface area contributed by atoms with Crippen LogP contribution in [0.1, 0.15) is 19.3 Å². The molecule has 0 aromatic heterocycles. The Balaban J connectivity index is 2.33. The molecule has 7 heteroatoms. The molecule has 1 saturated carbocycles. The standard InChI is InChI=1S/C12H16Br2N2O2S/c1-16(7-8-3-2-4-8)19(17,18)12-10(14)5-9(13)6-11(12)15/h5-6,8H,2-4,7,15H2,1H3. The van der Waals surface area contributed by atoms with E-state index in [4.69, 9.17) is 5.73 Å². The van der Waals surface area contributed by atoms with E-state index in [1.807, 2.05) is 0 Å². The Morgan fingerprint density at radius 1 is 1.37 bits per heavy atom. The summed E-state index contributed by atoms with van der Waals surface area (Å²) in [5.41, 5.74) is 6.11. The van der Waals surface area contributed by atoms with Gasteiger partial charge in [0, 0.05) is 22.5 Å². The third kappa shape index (κ3) is 3.15. The molecule has 0 atom stereocenters. The molecule has 106 valence electrons. The van der Waals surface area contributed by atoms with Gasteiger partial charge in [0.15, 0.2) is 0 Å². The minimum Gasteiger partial charge on any atom is -0.398 e. The van der Waals surface area contributed by atoms with Crippen LogP contribution in [-0.2, 0) is 10.0 Å². The molecule has 0 saturated heterocycles. The summed E-state index contributed by atoms with van der Waals surface area (Å²) in [5.74, 6) is 0.482. The predicted octanol–water partition coefficient (Wildman–Crippen LogP) is 3.21. The van der Waals surface area contributed by atoms with E-state index in [1.54, 1.807) is 19.2 Å². The molecule has 4 nitrogen and oxygen atoms in total. The molecule has 1 fully saturated rings. The van der Waals surface area contributed by atoms with E-state index in [9.17, 15) is 8.42 Å². The fourth-order valence-corrected chi connectivity index (χ4v) is 5.40. The van der Waals surface area contributed by atoms with Crippen molar-refractivity contribution in [3.63, 3.8) is 0 Å². The molecule has 0 spiro atoms. The average Bonchev–Trinajstić information content (AvgIpc) is 2.20. The molecule has 1 aromatic rings. The smallest absolute Gasteiger partial charge is 0.246 e. The first-order chi connectivity index (χ1) is 8.82. The summed E-state index contributed by atoms with van der Waals surface area (Å²) in [5, 5.41) is 0. The molecule has 2 N–H and O–H groups in total. The van der Waals surface area contributed by atoms with Crippen LogP contribution in [0, 0.1) is 5.92 Å². The lowest BCUT2D eigenvalue weighted by Gasteiger charge is -2.30. The highest BCUT2D eigenvalue weighted by Crippen LogP contribution is 2.34. The van der Waals surface area contributed by atoms with Crippen LogP contribution in [-0.4, -0.2) is 26.3 Å². The first-order valence-electron chi connectivity index (χ1n) is 6.03. The zero-order valence-corrected chi connectivity index (χ0v) is 14.6. The number of hydrogen-bond acceptors (Lipinski definition) is 3. The van der Waals surface area contributed by atoms with Crippen LogP contribution in [0.4, 0.5) is 5.69 Å². The van der Waals surface area contributed by atoms with Crippen LogP contribution in [0.5, 0.6) is 0 Å². The van der Waals surface area contributed by atoms with Crippen molar-refractivity contribution in [2.24, 2.45) is 5.92 Å². The van der Waals surface area contributed by atoms with Crippen molar-refractivity contribution in [1.82, 2.24) is 4.31 Å². The number of anilines is 1. The Hall–Kier alpha value is -0.110. The third-order valence-electron chi connectivity index (χ3n) is 3.45. The van der Waals surface area contributed by atoms with Crippen molar-refractivity contribution < 1.29 is 8.42 Å². The number of nitrogen functional groups attached to an aromatic ring is 1. The summed E-state index contributed by atoms with van der Waals surface area (Å²) in [6, 6.07) is 3.30. The predicted molar refractivity (Wildman–Crippen MR) is 83.4 cm³/mol. The lowest BCUT2D eigenvalue weighted by atomic mass is 9.86. The van der Waals surface area contributed by atoms with E-state index in [0.717, 1.165) is 17.3 Å². The molecule has 1 aliphatic carbocycles. The number of hydrogen-bond donors (Lipinski definition) is 1. The van der Waals surface area contributed by atoms with Gasteiger partial charge in [0.2, 0.25) is 10.0 Å².